The minimum absolute atomic E-state index is 0.0561. The maximum Gasteiger partial charge on any atom is 0.295 e. The van der Waals surface area contributed by atoms with E-state index in [2.05, 4.69) is 0 Å². The summed E-state index contributed by atoms with van der Waals surface area (Å²) in [6.07, 6.45) is -3.34. The summed E-state index contributed by atoms with van der Waals surface area (Å²) in [5.41, 5.74) is -0.440. The van der Waals surface area contributed by atoms with Gasteiger partial charge < -0.3 is 10.2 Å². The summed E-state index contributed by atoms with van der Waals surface area (Å²) >= 11 is 11.0. The number of benzene rings is 1. The molecule has 0 aliphatic rings. The molecular weight excluding hydrogens is 237 g/mol. The molecule has 78 valence electrons. The average Bonchev–Trinajstić information content (AvgIpc) is 2.01. The molecule has 0 heterocycles. The van der Waals surface area contributed by atoms with Gasteiger partial charge in [0, 0.05) is 15.6 Å². The van der Waals surface area contributed by atoms with Crippen LogP contribution in [-0.4, -0.2) is 16.6 Å². The summed E-state index contributed by atoms with van der Waals surface area (Å²) in [6.45, 7) is 0. The molecular formula is C8H6Cl2F2O2. The van der Waals surface area contributed by atoms with Crippen molar-refractivity contribution >= 4 is 23.2 Å². The van der Waals surface area contributed by atoms with E-state index in [4.69, 9.17) is 33.4 Å². The first-order valence-corrected chi connectivity index (χ1v) is 4.29. The van der Waals surface area contributed by atoms with Crippen molar-refractivity contribution in [3.63, 3.8) is 0 Å². The second-order valence-electron chi connectivity index (χ2n) is 2.68. The summed E-state index contributed by atoms with van der Waals surface area (Å²) in [5.74, 6) is -3.23. The molecule has 0 aliphatic heterocycles. The molecule has 0 spiro atoms. The fourth-order valence-corrected chi connectivity index (χ4v) is 1.42. The van der Waals surface area contributed by atoms with Gasteiger partial charge in [0.1, 0.15) is 0 Å². The monoisotopic (exact) mass is 242 g/mol. The number of aliphatic hydroxyl groups is 2. The molecule has 14 heavy (non-hydrogen) atoms. The summed E-state index contributed by atoms with van der Waals surface area (Å²) in [7, 11) is 0. The number of alkyl halides is 2. The van der Waals surface area contributed by atoms with Crippen LogP contribution in [-0.2, 0) is 5.79 Å². The Morgan fingerprint density at radius 3 is 1.86 bits per heavy atom. The van der Waals surface area contributed by atoms with Gasteiger partial charge in [0.2, 0.25) is 0 Å². The second-order valence-corrected chi connectivity index (χ2v) is 3.56. The van der Waals surface area contributed by atoms with Crippen LogP contribution >= 0.6 is 23.2 Å². The molecule has 6 heteroatoms. The molecule has 2 N–H and O–H groups in total. The predicted molar refractivity (Wildman–Crippen MR) is 48.6 cm³/mol. The lowest BCUT2D eigenvalue weighted by atomic mass is 10.1. The highest BCUT2D eigenvalue weighted by Crippen LogP contribution is 2.29. The van der Waals surface area contributed by atoms with Crippen molar-refractivity contribution in [3.05, 3.63) is 33.8 Å². The van der Waals surface area contributed by atoms with E-state index in [9.17, 15) is 8.78 Å². The van der Waals surface area contributed by atoms with Crippen LogP contribution in [0.5, 0.6) is 0 Å². The van der Waals surface area contributed by atoms with E-state index >= 15 is 0 Å². The number of hydrogen-bond acceptors (Lipinski definition) is 2. The van der Waals surface area contributed by atoms with E-state index in [0.29, 0.717) is 0 Å². The Labute approximate surface area is 88.7 Å². The van der Waals surface area contributed by atoms with E-state index < -0.39 is 17.8 Å². The lowest BCUT2D eigenvalue weighted by molar-refractivity contribution is -0.248. The Morgan fingerprint density at radius 1 is 1.07 bits per heavy atom. The van der Waals surface area contributed by atoms with Crippen molar-refractivity contribution < 1.29 is 19.0 Å². The zero-order valence-corrected chi connectivity index (χ0v) is 8.23. The van der Waals surface area contributed by atoms with Crippen LogP contribution in [0.2, 0.25) is 10.0 Å². The Kier molecular flexibility index (Phi) is 3.32. The van der Waals surface area contributed by atoms with Gasteiger partial charge in [-0.3, -0.25) is 0 Å². The maximum absolute atomic E-state index is 12.2. The van der Waals surface area contributed by atoms with E-state index in [0.717, 1.165) is 12.1 Å². The molecule has 0 aromatic heterocycles. The highest BCUT2D eigenvalue weighted by molar-refractivity contribution is 6.34. The van der Waals surface area contributed by atoms with Crippen molar-refractivity contribution in [2.45, 2.75) is 12.2 Å². The third-order valence-electron chi connectivity index (χ3n) is 1.59. The third kappa shape index (κ3) is 2.33. The normalized spacial score (nSPS) is 12.2. The first-order chi connectivity index (χ1) is 6.34. The number of hydrogen-bond donors (Lipinski definition) is 2. The molecule has 0 saturated carbocycles. The Balaban J connectivity index is 3.18. The first kappa shape index (κ1) is 11.7. The topological polar surface area (TPSA) is 40.5 Å². The van der Waals surface area contributed by atoms with Crippen molar-refractivity contribution in [1.82, 2.24) is 0 Å². The van der Waals surface area contributed by atoms with Crippen molar-refractivity contribution in [1.29, 1.82) is 0 Å². The van der Waals surface area contributed by atoms with Crippen LogP contribution in [0.4, 0.5) is 8.78 Å². The predicted octanol–water partition coefficient (Wildman–Crippen LogP) is 2.40. The van der Waals surface area contributed by atoms with E-state index in [1.54, 1.807) is 0 Å². The van der Waals surface area contributed by atoms with Crippen molar-refractivity contribution in [2.24, 2.45) is 0 Å². The smallest absolute Gasteiger partial charge is 0.295 e. The van der Waals surface area contributed by atoms with Gasteiger partial charge in [0.25, 0.3) is 12.2 Å². The van der Waals surface area contributed by atoms with E-state index in [1.807, 2.05) is 0 Å². The third-order valence-corrected chi connectivity index (χ3v) is 2.03. The molecule has 1 rings (SSSR count). The highest BCUT2D eigenvalue weighted by Gasteiger charge is 2.37. The van der Waals surface area contributed by atoms with Gasteiger partial charge in [0.15, 0.2) is 0 Å². The van der Waals surface area contributed by atoms with Crippen LogP contribution in [0.1, 0.15) is 5.56 Å². The SMILES string of the molecule is OC(O)(c1cc(Cl)cc(Cl)c1)C(F)F. The average molecular weight is 243 g/mol. The van der Waals surface area contributed by atoms with Gasteiger partial charge in [-0.2, -0.15) is 0 Å². The minimum Gasteiger partial charge on any atom is -0.358 e. The largest absolute Gasteiger partial charge is 0.358 e. The molecule has 0 radical (unpaired) electrons. The summed E-state index contributed by atoms with van der Waals surface area (Å²) in [5, 5.41) is 18.1. The van der Waals surface area contributed by atoms with Gasteiger partial charge in [-0.05, 0) is 18.2 Å². The Bertz CT molecular complexity index is 322. The van der Waals surface area contributed by atoms with E-state index in [-0.39, 0.29) is 10.0 Å². The lowest BCUT2D eigenvalue weighted by Crippen LogP contribution is -2.33. The fraction of sp³-hybridized carbons (Fsp3) is 0.250. The van der Waals surface area contributed by atoms with Gasteiger partial charge in [-0.1, -0.05) is 23.2 Å². The number of rotatable bonds is 2. The fourth-order valence-electron chi connectivity index (χ4n) is 0.892. The molecule has 0 atom stereocenters. The lowest BCUT2D eigenvalue weighted by Gasteiger charge is -2.21. The van der Waals surface area contributed by atoms with Gasteiger partial charge >= 0.3 is 0 Å². The molecule has 1 aromatic rings. The van der Waals surface area contributed by atoms with Crippen LogP contribution in [0.15, 0.2) is 18.2 Å². The molecule has 0 fully saturated rings. The minimum atomic E-state index is -3.34. The van der Waals surface area contributed by atoms with Gasteiger partial charge in [0.05, 0.1) is 0 Å². The van der Waals surface area contributed by atoms with Crippen LogP contribution in [0.3, 0.4) is 0 Å². The Morgan fingerprint density at radius 2 is 1.50 bits per heavy atom. The van der Waals surface area contributed by atoms with Crippen molar-refractivity contribution in [2.75, 3.05) is 0 Å². The van der Waals surface area contributed by atoms with Crippen LogP contribution < -0.4 is 0 Å². The maximum atomic E-state index is 12.2. The molecule has 0 amide bonds. The highest BCUT2D eigenvalue weighted by atomic mass is 35.5. The van der Waals surface area contributed by atoms with Crippen LogP contribution in [0.25, 0.3) is 0 Å². The molecule has 0 unspecified atom stereocenters. The van der Waals surface area contributed by atoms with Gasteiger partial charge in [-0.25, -0.2) is 8.78 Å². The molecule has 0 aliphatic carbocycles. The Hall–Kier alpha value is -0.420. The number of halogens is 4. The molecule has 2 nitrogen and oxygen atoms in total. The van der Waals surface area contributed by atoms with E-state index in [1.165, 1.54) is 6.07 Å². The molecule has 0 bridgehead atoms. The second kappa shape index (κ2) is 3.98. The zero-order chi connectivity index (χ0) is 10.9. The standard InChI is InChI=1S/C8H6Cl2F2O2/c9-5-1-4(2-6(10)3-5)8(13,14)7(11)12/h1-3,7,13-14H. The molecule has 0 saturated heterocycles. The molecule has 1 aromatic carbocycles. The van der Waals surface area contributed by atoms with Crippen molar-refractivity contribution in [3.8, 4) is 0 Å². The quantitative estimate of drug-likeness (QED) is 0.783. The van der Waals surface area contributed by atoms with Crippen LogP contribution in [0, 0.1) is 0 Å². The summed E-state index contributed by atoms with van der Waals surface area (Å²) in [4.78, 5) is 0. The summed E-state index contributed by atoms with van der Waals surface area (Å²) < 4.78 is 24.4. The summed E-state index contributed by atoms with van der Waals surface area (Å²) in [6, 6.07) is 3.33. The van der Waals surface area contributed by atoms with Gasteiger partial charge in [-0.15, -0.1) is 0 Å². The first-order valence-electron chi connectivity index (χ1n) is 3.53. The zero-order valence-electron chi connectivity index (χ0n) is 6.72.